The van der Waals surface area contributed by atoms with Gasteiger partial charge in [0, 0.05) is 16.5 Å². The standard InChI is InChI=1S/C48H80N2.Ni/c1-7-13-15-16-17-18-19-20-21-22-23-24-25-26-27-28-29-30-31-32-34-48(50-46-38-36-42(10-4)44(12-6)40-46)47(33-14-8-2)49-45-37-35-41(9-3)43(11-5)39-45;/h35-40H,7-34H2,1-6H3;/b49-47+,50-48+;. The van der Waals surface area contributed by atoms with Crippen LogP contribution in [0.5, 0.6) is 0 Å². The molecule has 0 aromatic heterocycles. The maximum atomic E-state index is 5.37. The van der Waals surface area contributed by atoms with Crippen LogP contribution in [0.15, 0.2) is 46.4 Å². The first-order valence-corrected chi connectivity index (χ1v) is 22.0. The minimum Gasteiger partial charge on any atom is -0.252 e. The second-order valence-electron chi connectivity index (χ2n) is 15.0. The van der Waals surface area contributed by atoms with E-state index in [-0.39, 0.29) is 16.5 Å². The summed E-state index contributed by atoms with van der Waals surface area (Å²) >= 11 is 0. The second kappa shape index (κ2) is 31.8. The van der Waals surface area contributed by atoms with Gasteiger partial charge in [0.25, 0.3) is 0 Å². The van der Waals surface area contributed by atoms with Crippen molar-refractivity contribution in [1.29, 1.82) is 0 Å². The van der Waals surface area contributed by atoms with Crippen molar-refractivity contribution in [3.63, 3.8) is 0 Å². The van der Waals surface area contributed by atoms with Gasteiger partial charge in [0.05, 0.1) is 22.8 Å². The van der Waals surface area contributed by atoms with Crippen LogP contribution in [0.4, 0.5) is 11.4 Å². The first-order valence-electron chi connectivity index (χ1n) is 22.0. The van der Waals surface area contributed by atoms with Crippen LogP contribution in [-0.4, -0.2) is 11.4 Å². The average Bonchev–Trinajstić information content (AvgIpc) is 3.14. The third-order valence-electron chi connectivity index (χ3n) is 10.8. The summed E-state index contributed by atoms with van der Waals surface area (Å²) in [5, 5.41) is 0. The summed E-state index contributed by atoms with van der Waals surface area (Å²) in [6.45, 7) is 13.6. The number of rotatable bonds is 31. The molecule has 2 aromatic carbocycles. The normalized spacial score (nSPS) is 12.0. The van der Waals surface area contributed by atoms with Gasteiger partial charge < -0.3 is 0 Å². The van der Waals surface area contributed by atoms with Crippen molar-refractivity contribution in [1.82, 2.24) is 0 Å². The van der Waals surface area contributed by atoms with Gasteiger partial charge in [0.1, 0.15) is 0 Å². The van der Waals surface area contributed by atoms with Crippen molar-refractivity contribution in [2.75, 3.05) is 0 Å². The Labute approximate surface area is 327 Å². The zero-order chi connectivity index (χ0) is 36.1. The molecule has 0 aliphatic rings. The number of hydrogen-bond acceptors (Lipinski definition) is 2. The van der Waals surface area contributed by atoms with Gasteiger partial charge in [-0.15, -0.1) is 0 Å². The summed E-state index contributed by atoms with van der Waals surface area (Å²) in [7, 11) is 0. The predicted octanol–water partition coefficient (Wildman–Crippen LogP) is 16.2. The van der Waals surface area contributed by atoms with Crippen LogP contribution in [-0.2, 0) is 42.2 Å². The van der Waals surface area contributed by atoms with E-state index in [9.17, 15) is 0 Å². The van der Waals surface area contributed by atoms with Gasteiger partial charge in [-0.2, -0.15) is 0 Å². The third-order valence-corrected chi connectivity index (χ3v) is 10.8. The van der Waals surface area contributed by atoms with E-state index in [0.29, 0.717) is 0 Å². The predicted molar refractivity (Wildman–Crippen MR) is 227 cm³/mol. The van der Waals surface area contributed by atoms with Crippen LogP contribution < -0.4 is 0 Å². The second-order valence-corrected chi connectivity index (χ2v) is 15.0. The van der Waals surface area contributed by atoms with E-state index in [1.54, 1.807) is 0 Å². The third kappa shape index (κ3) is 20.9. The largest absolute Gasteiger partial charge is 0.252 e. The molecule has 0 spiro atoms. The maximum Gasteiger partial charge on any atom is 0.0636 e. The molecule has 51 heavy (non-hydrogen) atoms. The number of aryl methyl sites for hydroxylation is 4. The number of aliphatic imine (C=N–C) groups is 2. The van der Waals surface area contributed by atoms with Crippen molar-refractivity contribution in [3.8, 4) is 0 Å². The van der Waals surface area contributed by atoms with Gasteiger partial charge in [-0.3, -0.25) is 9.98 Å². The quantitative estimate of drug-likeness (QED) is 0.0417. The molecule has 0 atom stereocenters. The number of nitrogens with zero attached hydrogens (tertiary/aromatic N) is 2. The molecule has 0 saturated heterocycles. The molecule has 292 valence electrons. The fourth-order valence-corrected chi connectivity index (χ4v) is 7.44. The molecule has 2 rings (SSSR count). The average molecular weight is 744 g/mol. The van der Waals surface area contributed by atoms with Crippen LogP contribution in [0.2, 0.25) is 0 Å². The van der Waals surface area contributed by atoms with E-state index >= 15 is 0 Å². The molecule has 0 bridgehead atoms. The fourth-order valence-electron chi connectivity index (χ4n) is 7.44. The number of benzene rings is 2. The smallest absolute Gasteiger partial charge is 0.0636 e. The Kier molecular flexibility index (Phi) is 29.5. The summed E-state index contributed by atoms with van der Waals surface area (Å²) in [5.41, 5.74) is 10.4. The molecule has 0 aliphatic heterocycles. The molecule has 0 aliphatic carbocycles. The van der Waals surface area contributed by atoms with Gasteiger partial charge in [-0.05, 0) is 97.9 Å². The van der Waals surface area contributed by atoms with Gasteiger partial charge in [0.2, 0.25) is 0 Å². The molecule has 0 amide bonds. The number of hydrogen-bond donors (Lipinski definition) is 0. The molecule has 0 N–H and O–H groups in total. The molecular formula is C48H80N2Ni. The molecule has 3 heteroatoms. The van der Waals surface area contributed by atoms with E-state index in [2.05, 4.69) is 77.9 Å². The Morgan fingerprint density at radius 3 is 0.961 bits per heavy atom. The summed E-state index contributed by atoms with van der Waals surface area (Å²) in [6, 6.07) is 13.7. The summed E-state index contributed by atoms with van der Waals surface area (Å²) in [4.78, 5) is 10.7. The van der Waals surface area contributed by atoms with Crippen LogP contribution >= 0.6 is 0 Å². The van der Waals surface area contributed by atoms with Crippen LogP contribution in [0.1, 0.15) is 218 Å². The number of unbranched alkanes of at least 4 members (excludes halogenated alkanes) is 20. The van der Waals surface area contributed by atoms with Crippen molar-refractivity contribution >= 4 is 22.8 Å². The van der Waals surface area contributed by atoms with E-state index < -0.39 is 0 Å². The molecule has 0 saturated carbocycles. The zero-order valence-electron chi connectivity index (χ0n) is 34.5. The van der Waals surface area contributed by atoms with E-state index in [1.165, 1.54) is 169 Å². The van der Waals surface area contributed by atoms with Crippen molar-refractivity contribution < 1.29 is 16.5 Å². The fraction of sp³-hybridized carbons (Fsp3) is 0.708. The van der Waals surface area contributed by atoms with Crippen molar-refractivity contribution in [3.05, 3.63) is 58.7 Å². The summed E-state index contributed by atoms with van der Waals surface area (Å²) < 4.78 is 0. The molecule has 0 fully saturated rings. The summed E-state index contributed by atoms with van der Waals surface area (Å²) in [6.07, 6.45) is 36.9. The Morgan fingerprint density at radius 2 is 0.647 bits per heavy atom. The Morgan fingerprint density at radius 1 is 0.353 bits per heavy atom. The van der Waals surface area contributed by atoms with Crippen molar-refractivity contribution in [2.24, 2.45) is 9.98 Å². The van der Waals surface area contributed by atoms with Crippen molar-refractivity contribution in [2.45, 2.75) is 221 Å². The Balaban J connectivity index is 0.0000130. The SMILES string of the molecule is CCCCCCCCCCCCCCCCCCCCCCC(=N\c1ccc(CC)c(CC)c1)/C(CCCC)=N/c1ccc(CC)c(CC)c1.[Ni]. The molecule has 0 unspecified atom stereocenters. The van der Waals surface area contributed by atoms with Gasteiger partial charge in [0.15, 0.2) is 0 Å². The summed E-state index contributed by atoms with van der Waals surface area (Å²) in [5.74, 6) is 0. The van der Waals surface area contributed by atoms with Crippen LogP contribution in [0.25, 0.3) is 0 Å². The molecule has 2 aromatic rings. The minimum atomic E-state index is 0. The van der Waals surface area contributed by atoms with Crippen LogP contribution in [0, 0.1) is 0 Å². The molecule has 0 heterocycles. The van der Waals surface area contributed by atoms with E-state index in [4.69, 9.17) is 9.98 Å². The van der Waals surface area contributed by atoms with E-state index in [0.717, 1.165) is 56.3 Å². The maximum absolute atomic E-state index is 5.37. The Hall–Kier alpha value is -1.73. The van der Waals surface area contributed by atoms with Crippen LogP contribution in [0.3, 0.4) is 0 Å². The Bertz CT molecular complexity index is 1200. The first kappa shape index (κ1) is 47.3. The van der Waals surface area contributed by atoms with Gasteiger partial charge in [-0.1, -0.05) is 182 Å². The molecule has 0 radical (unpaired) electrons. The minimum absolute atomic E-state index is 0. The first-order chi connectivity index (χ1) is 24.6. The molecule has 2 nitrogen and oxygen atoms in total. The van der Waals surface area contributed by atoms with E-state index in [1.807, 2.05) is 0 Å². The monoisotopic (exact) mass is 743 g/mol. The van der Waals surface area contributed by atoms with Gasteiger partial charge >= 0.3 is 0 Å². The zero-order valence-corrected chi connectivity index (χ0v) is 35.5. The van der Waals surface area contributed by atoms with Gasteiger partial charge in [-0.25, -0.2) is 0 Å². The topological polar surface area (TPSA) is 24.7 Å². The molecular weight excluding hydrogens is 663 g/mol.